The molecule has 1 aromatic rings. The third kappa shape index (κ3) is 4.90. The monoisotopic (exact) mass is 342 g/mol. The Morgan fingerprint density at radius 3 is 2.85 bits per heavy atom. The van der Waals surface area contributed by atoms with Crippen LogP contribution >= 0.6 is 15.9 Å². The predicted octanol–water partition coefficient (Wildman–Crippen LogP) is 2.03. The van der Waals surface area contributed by atoms with Crippen molar-refractivity contribution >= 4 is 21.8 Å². The maximum atomic E-state index is 11.9. The van der Waals surface area contributed by atoms with Gasteiger partial charge in [0.2, 0.25) is 5.91 Å². The summed E-state index contributed by atoms with van der Waals surface area (Å²) < 4.78 is 2.83. The molecular weight excluding hydrogens is 320 g/mol. The first-order chi connectivity index (χ1) is 9.67. The molecular formula is C14H23BrN4O. The maximum Gasteiger partial charge on any atom is 0.220 e. The number of aryl methyl sites for hydroxylation is 1. The number of amides is 1. The molecule has 0 bridgehead atoms. The van der Waals surface area contributed by atoms with Crippen LogP contribution in [0.4, 0.5) is 0 Å². The molecule has 1 N–H and O–H groups in total. The van der Waals surface area contributed by atoms with Gasteiger partial charge in [0.1, 0.15) is 0 Å². The van der Waals surface area contributed by atoms with Gasteiger partial charge in [0.25, 0.3) is 0 Å². The SMILES string of the molecule is CCN1CCC(NC(=O)CCCn2cc(Br)cn2)CC1. The lowest BCUT2D eigenvalue weighted by Crippen LogP contribution is -2.44. The molecule has 6 heteroatoms. The summed E-state index contributed by atoms with van der Waals surface area (Å²) in [6.07, 6.45) is 7.25. The van der Waals surface area contributed by atoms with Crippen LogP contribution in [-0.2, 0) is 11.3 Å². The van der Waals surface area contributed by atoms with E-state index < -0.39 is 0 Å². The number of carbonyl (C=O) groups excluding carboxylic acids is 1. The molecule has 1 aliphatic rings. The standard InChI is InChI=1S/C14H23BrN4O/c1-2-18-8-5-13(6-9-18)17-14(20)4-3-7-19-11-12(15)10-16-19/h10-11,13H,2-9H2,1H3,(H,17,20). The van der Waals surface area contributed by atoms with Gasteiger partial charge in [-0.05, 0) is 41.7 Å². The molecule has 0 atom stereocenters. The molecule has 112 valence electrons. The second-order valence-corrected chi connectivity index (χ2v) is 6.22. The molecule has 1 amide bonds. The van der Waals surface area contributed by atoms with Crippen LogP contribution < -0.4 is 5.32 Å². The van der Waals surface area contributed by atoms with Crippen LogP contribution in [-0.4, -0.2) is 46.3 Å². The van der Waals surface area contributed by atoms with Gasteiger partial charge >= 0.3 is 0 Å². The number of piperidine rings is 1. The van der Waals surface area contributed by atoms with Gasteiger partial charge < -0.3 is 10.2 Å². The number of carbonyl (C=O) groups is 1. The Bertz CT molecular complexity index is 427. The van der Waals surface area contributed by atoms with Crippen molar-refractivity contribution in [1.82, 2.24) is 20.0 Å². The average Bonchev–Trinajstić information content (AvgIpc) is 2.85. The zero-order chi connectivity index (χ0) is 14.4. The van der Waals surface area contributed by atoms with E-state index in [1.165, 1.54) is 0 Å². The van der Waals surface area contributed by atoms with Crippen molar-refractivity contribution in [3.63, 3.8) is 0 Å². The minimum Gasteiger partial charge on any atom is -0.353 e. The van der Waals surface area contributed by atoms with Crippen LogP contribution in [0.5, 0.6) is 0 Å². The van der Waals surface area contributed by atoms with E-state index in [1.807, 2.05) is 10.9 Å². The van der Waals surface area contributed by atoms with E-state index >= 15 is 0 Å². The van der Waals surface area contributed by atoms with E-state index in [1.54, 1.807) is 6.20 Å². The van der Waals surface area contributed by atoms with Crippen molar-refractivity contribution in [3.05, 3.63) is 16.9 Å². The molecule has 1 aliphatic heterocycles. The number of aromatic nitrogens is 2. The fraction of sp³-hybridized carbons (Fsp3) is 0.714. The molecule has 0 unspecified atom stereocenters. The number of hydrogen-bond acceptors (Lipinski definition) is 3. The lowest BCUT2D eigenvalue weighted by atomic mass is 10.0. The minimum absolute atomic E-state index is 0.172. The summed E-state index contributed by atoms with van der Waals surface area (Å²) in [5.74, 6) is 0.172. The van der Waals surface area contributed by atoms with E-state index in [-0.39, 0.29) is 5.91 Å². The Labute approximate surface area is 128 Å². The zero-order valence-electron chi connectivity index (χ0n) is 12.0. The molecule has 1 aromatic heterocycles. The summed E-state index contributed by atoms with van der Waals surface area (Å²) >= 11 is 3.36. The van der Waals surface area contributed by atoms with Crippen molar-refractivity contribution in [2.45, 2.75) is 45.2 Å². The summed E-state index contributed by atoms with van der Waals surface area (Å²) in [7, 11) is 0. The largest absolute Gasteiger partial charge is 0.353 e. The van der Waals surface area contributed by atoms with Crippen LogP contribution in [0.3, 0.4) is 0 Å². The first-order valence-corrected chi connectivity index (χ1v) is 8.16. The first-order valence-electron chi connectivity index (χ1n) is 7.37. The van der Waals surface area contributed by atoms with Gasteiger partial charge in [-0.15, -0.1) is 0 Å². The fourth-order valence-corrected chi connectivity index (χ4v) is 2.88. The summed E-state index contributed by atoms with van der Waals surface area (Å²) in [5.41, 5.74) is 0. The second kappa shape index (κ2) is 7.78. The van der Waals surface area contributed by atoms with Gasteiger partial charge in [-0.3, -0.25) is 9.48 Å². The van der Waals surface area contributed by atoms with E-state index in [0.29, 0.717) is 12.5 Å². The maximum absolute atomic E-state index is 11.9. The minimum atomic E-state index is 0.172. The highest BCUT2D eigenvalue weighted by Crippen LogP contribution is 2.10. The predicted molar refractivity (Wildman–Crippen MR) is 82.4 cm³/mol. The number of hydrogen-bond donors (Lipinski definition) is 1. The molecule has 1 fully saturated rings. The number of halogens is 1. The highest BCUT2D eigenvalue weighted by Gasteiger charge is 2.19. The van der Waals surface area contributed by atoms with Crippen molar-refractivity contribution in [3.8, 4) is 0 Å². The number of rotatable bonds is 6. The number of nitrogens with one attached hydrogen (secondary N) is 1. The van der Waals surface area contributed by atoms with Gasteiger partial charge in [0, 0.05) is 38.3 Å². The molecule has 5 nitrogen and oxygen atoms in total. The molecule has 0 radical (unpaired) electrons. The first kappa shape index (κ1) is 15.5. The summed E-state index contributed by atoms with van der Waals surface area (Å²) in [6.45, 7) is 6.28. The molecule has 0 aliphatic carbocycles. The highest BCUT2D eigenvalue weighted by molar-refractivity contribution is 9.10. The quantitative estimate of drug-likeness (QED) is 0.860. The summed E-state index contributed by atoms with van der Waals surface area (Å²) in [4.78, 5) is 14.3. The van der Waals surface area contributed by atoms with Crippen LogP contribution in [0.1, 0.15) is 32.6 Å². The molecule has 0 saturated carbocycles. The van der Waals surface area contributed by atoms with E-state index in [4.69, 9.17) is 0 Å². The van der Waals surface area contributed by atoms with E-state index in [0.717, 1.165) is 49.9 Å². The van der Waals surface area contributed by atoms with Crippen molar-refractivity contribution in [2.75, 3.05) is 19.6 Å². The Hall–Kier alpha value is -0.880. The molecule has 0 spiro atoms. The molecule has 0 aromatic carbocycles. The zero-order valence-corrected chi connectivity index (χ0v) is 13.6. The molecule has 2 heterocycles. The van der Waals surface area contributed by atoms with Crippen molar-refractivity contribution in [1.29, 1.82) is 0 Å². The highest BCUT2D eigenvalue weighted by atomic mass is 79.9. The van der Waals surface area contributed by atoms with Gasteiger partial charge in [0.15, 0.2) is 0 Å². The number of nitrogens with zero attached hydrogens (tertiary/aromatic N) is 3. The van der Waals surface area contributed by atoms with Gasteiger partial charge in [0.05, 0.1) is 10.7 Å². The lowest BCUT2D eigenvalue weighted by Gasteiger charge is -2.31. The summed E-state index contributed by atoms with van der Waals surface area (Å²) in [6, 6.07) is 0.365. The Morgan fingerprint density at radius 1 is 1.50 bits per heavy atom. The Balaban J connectivity index is 1.61. The van der Waals surface area contributed by atoms with Gasteiger partial charge in [-0.25, -0.2) is 0 Å². The van der Waals surface area contributed by atoms with Gasteiger partial charge in [-0.2, -0.15) is 5.10 Å². The third-order valence-corrected chi connectivity index (χ3v) is 4.20. The van der Waals surface area contributed by atoms with E-state index in [9.17, 15) is 4.79 Å². The topological polar surface area (TPSA) is 50.2 Å². The normalized spacial score (nSPS) is 17.3. The van der Waals surface area contributed by atoms with E-state index in [2.05, 4.69) is 38.2 Å². The smallest absolute Gasteiger partial charge is 0.220 e. The van der Waals surface area contributed by atoms with Crippen LogP contribution in [0.2, 0.25) is 0 Å². The Morgan fingerprint density at radius 2 is 2.25 bits per heavy atom. The van der Waals surface area contributed by atoms with Crippen molar-refractivity contribution in [2.24, 2.45) is 0 Å². The van der Waals surface area contributed by atoms with Gasteiger partial charge in [-0.1, -0.05) is 6.92 Å². The van der Waals surface area contributed by atoms with Crippen LogP contribution in [0, 0.1) is 0 Å². The molecule has 2 rings (SSSR count). The lowest BCUT2D eigenvalue weighted by molar-refractivity contribution is -0.122. The van der Waals surface area contributed by atoms with Crippen LogP contribution in [0.15, 0.2) is 16.9 Å². The number of likely N-dealkylation sites (tertiary alicyclic amines) is 1. The average molecular weight is 343 g/mol. The molecule has 1 saturated heterocycles. The second-order valence-electron chi connectivity index (χ2n) is 5.30. The Kier molecular flexibility index (Phi) is 6.04. The fourth-order valence-electron chi connectivity index (χ4n) is 2.56. The molecule has 20 heavy (non-hydrogen) atoms. The summed E-state index contributed by atoms with van der Waals surface area (Å²) in [5, 5.41) is 7.33. The third-order valence-electron chi connectivity index (χ3n) is 3.79. The van der Waals surface area contributed by atoms with Crippen molar-refractivity contribution < 1.29 is 4.79 Å². The van der Waals surface area contributed by atoms with Crippen LogP contribution in [0.25, 0.3) is 0 Å².